The summed E-state index contributed by atoms with van der Waals surface area (Å²) in [6.45, 7) is 0.953. The molecule has 1 aliphatic carbocycles. The van der Waals surface area contributed by atoms with Crippen LogP contribution in [0.15, 0.2) is 12.3 Å². The summed E-state index contributed by atoms with van der Waals surface area (Å²) in [5.74, 6) is -2.02. The first kappa shape index (κ1) is 13.4. The van der Waals surface area contributed by atoms with Gasteiger partial charge in [-0.2, -0.15) is 0 Å². The van der Waals surface area contributed by atoms with Gasteiger partial charge in [0.15, 0.2) is 11.5 Å². The first-order valence-corrected chi connectivity index (χ1v) is 6.82. The molecule has 1 aromatic heterocycles. The Hall–Kier alpha value is -1.56. The maximum absolute atomic E-state index is 13.5. The number of pyridine rings is 1. The van der Waals surface area contributed by atoms with E-state index in [1.165, 1.54) is 4.90 Å². The molecule has 1 saturated carbocycles. The monoisotopic (exact) mass is 282 g/mol. The number of aromatic nitrogens is 1. The van der Waals surface area contributed by atoms with Crippen molar-refractivity contribution in [2.75, 3.05) is 13.1 Å². The summed E-state index contributed by atoms with van der Waals surface area (Å²) < 4.78 is 26.3. The smallest absolute Gasteiger partial charge is 0.275 e. The Morgan fingerprint density at radius 3 is 2.55 bits per heavy atom. The highest BCUT2D eigenvalue weighted by Gasteiger charge is 2.48. The van der Waals surface area contributed by atoms with Crippen LogP contribution in [-0.4, -0.2) is 39.6 Å². The molecule has 2 heterocycles. The molecule has 1 amide bonds. The Balaban J connectivity index is 1.67. The fraction of sp³-hybridized carbons (Fsp3) is 0.571. The number of piperidine rings is 1. The Morgan fingerprint density at radius 1 is 1.35 bits per heavy atom. The number of rotatable bonds is 2. The number of halogens is 2. The molecule has 20 heavy (non-hydrogen) atoms. The lowest BCUT2D eigenvalue weighted by molar-refractivity contribution is 0.0335. The summed E-state index contributed by atoms with van der Waals surface area (Å²) in [4.78, 5) is 17.2. The summed E-state index contributed by atoms with van der Waals surface area (Å²) in [5.41, 5.74) is -0.871. The molecule has 0 radical (unpaired) electrons. The molecule has 1 aliphatic heterocycles. The zero-order valence-corrected chi connectivity index (χ0v) is 11.0. The fourth-order valence-electron chi connectivity index (χ4n) is 2.88. The van der Waals surface area contributed by atoms with Gasteiger partial charge in [-0.1, -0.05) is 0 Å². The second kappa shape index (κ2) is 4.77. The van der Waals surface area contributed by atoms with Gasteiger partial charge in [-0.3, -0.25) is 4.79 Å². The predicted octanol–water partition coefficient (Wildman–Crippen LogP) is 1.74. The van der Waals surface area contributed by atoms with Crippen LogP contribution >= 0.6 is 0 Å². The Labute approximate surface area is 115 Å². The third-order valence-corrected chi connectivity index (χ3v) is 4.31. The molecule has 0 aromatic carbocycles. The second-order valence-electron chi connectivity index (χ2n) is 5.65. The van der Waals surface area contributed by atoms with Crippen molar-refractivity contribution in [3.63, 3.8) is 0 Å². The highest BCUT2D eigenvalue weighted by atomic mass is 19.1. The van der Waals surface area contributed by atoms with Crippen LogP contribution in [-0.2, 0) is 0 Å². The third kappa shape index (κ3) is 2.40. The molecule has 3 rings (SSSR count). The van der Waals surface area contributed by atoms with Crippen LogP contribution in [0.1, 0.15) is 36.2 Å². The van der Waals surface area contributed by atoms with Gasteiger partial charge in [-0.05, 0) is 31.6 Å². The van der Waals surface area contributed by atoms with Crippen molar-refractivity contribution in [3.8, 4) is 0 Å². The summed E-state index contributed by atoms with van der Waals surface area (Å²) in [5, 5.41) is 10.1. The molecule has 108 valence electrons. The van der Waals surface area contributed by atoms with Crippen molar-refractivity contribution in [2.45, 2.75) is 31.3 Å². The van der Waals surface area contributed by atoms with E-state index in [1.807, 2.05) is 0 Å². The Bertz CT molecular complexity index is 538. The van der Waals surface area contributed by atoms with E-state index in [-0.39, 0.29) is 11.6 Å². The van der Waals surface area contributed by atoms with Crippen molar-refractivity contribution in [2.24, 2.45) is 5.92 Å². The van der Waals surface area contributed by atoms with E-state index in [0.29, 0.717) is 32.0 Å². The van der Waals surface area contributed by atoms with Crippen molar-refractivity contribution in [3.05, 3.63) is 29.6 Å². The molecule has 1 aromatic rings. The maximum Gasteiger partial charge on any atom is 0.275 e. The Kier molecular flexibility index (Phi) is 3.20. The average Bonchev–Trinajstić information content (AvgIpc) is 3.18. The Morgan fingerprint density at radius 2 is 2.00 bits per heavy atom. The highest BCUT2D eigenvalue weighted by Crippen LogP contribution is 2.46. The summed E-state index contributed by atoms with van der Waals surface area (Å²) in [6.07, 6.45) is 3.94. The minimum absolute atomic E-state index is 0.220. The van der Waals surface area contributed by atoms with Gasteiger partial charge in [0, 0.05) is 19.2 Å². The van der Waals surface area contributed by atoms with Gasteiger partial charge in [-0.15, -0.1) is 0 Å². The molecule has 4 nitrogen and oxygen atoms in total. The van der Waals surface area contributed by atoms with Gasteiger partial charge >= 0.3 is 0 Å². The molecule has 0 unspecified atom stereocenters. The minimum atomic E-state index is -0.932. The molecule has 1 saturated heterocycles. The molecule has 2 fully saturated rings. The van der Waals surface area contributed by atoms with E-state index in [0.717, 1.165) is 19.0 Å². The lowest BCUT2D eigenvalue weighted by atomic mass is 9.89. The van der Waals surface area contributed by atoms with Gasteiger partial charge in [0.05, 0.1) is 11.8 Å². The summed E-state index contributed by atoms with van der Waals surface area (Å²) >= 11 is 0. The number of nitrogens with zero attached hydrogens (tertiary/aromatic N) is 2. The third-order valence-electron chi connectivity index (χ3n) is 4.31. The first-order chi connectivity index (χ1) is 9.49. The van der Waals surface area contributed by atoms with Gasteiger partial charge in [0.1, 0.15) is 5.82 Å². The number of carbonyl (C=O) groups excluding carboxylic acids is 1. The van der Waals surface area contributed by atoms with E-state index in [4.69, 9.17) is 0 Å². The lowest BCUT2D eigenvalue weighted by Crippen LogP contribution is -2.42. The number of hydrogen-bond donors (Lipinski definition) is 1. The summed E-state index contributed by atoms with van der Waals surface area (Å²) in [6, 6.07) is 0.667. The average molecular weight is 282 g/mol. The maximum atomic E-state index is 13.5. The second-order valence-corrected chi connectivity index (χ2v) is 5.65. The van der Waals surface area contributed by atoms with Crippen molar-refractivity contribution >= 4 is 5.91 Å². The van der Waals surface area contributed by atoms with Crippen LogP contribution in [0.5, 0.6) is 0 Å². The van der Waals surface area contributed by atoms with Crippen molar-refractivity contribution < 1.29 is 18.7 Å². The first-order valence-electron chi connectivity index (χ1n) is 6.82. The number of likely N-dealkylation sites (tertiary alicyclic amines) is 1. The van der Waals surface area contributed by atoms with Crippen molar-refractivity contribution in [1.29, 1.82) is 0 Å². The number of aliphatic hydroxyl groups is 1. The number of hydrogen-bond acceptors (Lipinski definition) is 3. The van der Waals surface area contributed by atoms with Crippen LogP contribution in [0.25, 0.3) is 0 Å². The molecule has 0 spiro atoms. The minimum Gasteiger partial charge on any atom is -0.390 e. The lowest BCUT2D eigenvalue weighted by Gasteiger charge is -2.34. The molecule has 1 N–H and O–H groups in total. The largest absolute Gasteiger partial charge is 0.390 e. The van der Waals surface area contributed by atoms with Crippen LogP contribution < -0.4 is 0 Å². The molecular formula is C14H16F2N2O2. The fourth-order valence-corrected chi connectivity index (χ4v) is 2.88. The molecule has 6 heteroatoms. The quantitative estimate of drug-likeness (QED) is 0.899. The number of amides is 1. The van der Waals surface area contributed by atoms with Crippen molar-refractivity contribution in [1.82, 2.24) is 9.88 Å². The summed E-state index contributed by atoms with van der Waals surface area (Å²) in [7, 11) is 0. The van der Waals surface area contributed by atoms with Crippen LogP contribution in [0.3, 0.4) is 0 Å². The van der Waals surface area contributed by atoms with Gasteiger partial charge in [0.25, 0.3) is 5.91 Å². The van der Waals surface area contributed by atoms with Crippen LogP contribution in [0, 0.1) is 17.6 Å². The van der Waals surface area contributed by atoms with Crippen LogP contribution in [0.4, 0.5) is 8.78 Å². The normalized spacial score (nSPS) is 21.9. The predicted molar refractivity (Wildman–Crippen MR) is 67.0 cm³/mol. The zero-order valence-electron chi connectivity index (χ0n) is 11.0. The van der Waals surface area contributed by atoms with Gasteiger partial charge in [-0.25, -0.2) is 13.8 Å². The SMILES string of the molecule is O=C(c1ncc(F)cc1F)N1CCC(C2(O)CC2)CC1. The highest BCUT2D eigenvalue weighted by molar-refractivity contribution is 5.92. The van der Waals surface area contributed by atoms with E-state index in [2.05, 4.69) is 4.98 Å². The standard InChI is InChI=1S/C14H16F2N2O2/c15-10-7-11(16)12(17-8-10)13(19)18-5-1-9(2-6-18)14(20)3-4-14/h7-9,20H,1-6H2. The van der Waals surface area contributed by atoms with E-state index in [1.54, 1.807) is 0 Å². The molecular weight excluding hydrogens is 266 g/mol. The molecule has 0 atom stereocenters. The zero-order chi connectivity index (χ0) is 14.3. The van der Waals surface area contributed by atoms with E-state index < -0.39 is 23.1 Å². The van der Waals surface area contributed by atoms with E-state index in [9.17, 15) is 18.7 Å². The van der Waals surface area contributed by atoms with E-state index >= 15 is 0 Å². The van der Waals surface area contributed by atoms with Gasteiger partial charge in [0.2, 0.25) is 0 Å². The molecule has 2 aliphatic rings. The topological polar surface area (TPSA) is 53.4 Å². The molecule has 0 bridgehead atoms. The van der Waals surface area contributed by atoms with Crippen LogP contribution in [0.2, 0.25) is 0 Å². The van der Waals surface area contributed by atoms with Gasteiger partial charge < -0.3 is 10.0 Å². The number of carbonyl (C=O) groups is 1.